The smallest absolute Gasteiger partial charge is 0.255 e. The Morgan fingerprint density at radius 2 is 1.52 bits per heavy atom. The topological polar surface area (TPSA) is 93.5 Å². The Morgan fingerprint density at radius 1 is 0.879 bits per heavy atom. The second-order valence-corrected chi connectivity index (χ2v) is 7.37. The fourth-order valence-corrected chi connectivity index (χ4v) is 3.24. The first kappa shape index (κ1) is 21.8. The highest BCUT2D eigenvalue weighted by Crippen LogP contribution is 2.22. The van der Waals surface area contributed by atoms with Crippen molar-refractivity contribution in [3.05, 3.63) is 95.9 Å². The number of nitrogens with one attached hydrogen (secondary N) is 2. The molecule has 4 aromatic rings. The summed E-state index contributed by atoms with van der Waals surface area (Å²) >= 11 is 0. The average Bonchev–Trinajstić information content (AvgIpc) is 3.20. The number of nitrogens with zero attached hydrogens (tertiary/aromatic N) is 1. The summed E-state index contributed by atoms with van der Waals surface area (Å²) in [7, 11) is 1.59. The first-order valence-corrected chi connectivity index (χ1v) is 10.4. The predicted molar refractivity (Wildman–Crippen MR) is 126 cm³/mol. The van der Waals surface area contributed by atoms with Crippen molar-refractivity contribution in [1.29, 1.82) is 0 Å². The number of oxazole rings is 1. The molecule has 3 aromatic carbocycles. The first-order valence-electron chi connectivity index (χ1n) is 10.4. The van der Waals surface area contributed by atoms with Crippen LogP contribution in [0, 0.1) is 6.92 Å². The maximum absolute atomic E-state index is 12.5. The van der Waals surface area contributed by atoms with E-state index in [4.69, 9.17) is 9.15 Å². The lowest BCUT2D eigenvalue weighted by Gasteiger charge is -2.08. The molecule has 0 saturated heterocycles. The van der Waals surface area contributed by atoms with Gasteiger partial charge < -0.3 is 19.8 Å². The van der Waals surface area contributed by atoms with Crippen LogP contribution in [0.25, 0.3) is 11.5 Å². The Bertz CT molecular complexity index is 1250. The predicted octanol–water partition coefficient (Wildman–Crippen LogP) is 5.09. The van der Waals surface area contributed by atoms with Crippen molar-refractivity contribution in [3.8, 4) is 17.2 Å². The van der Waals surface area contributed by atoms with Crippen molar-refractivity contribution in [2.75, 3.05) is 17.7 Å². The molecule has 166 valence electrons. The van der Waals surface area contributed by atoms with Crippen LogP contribution in [0.15, 0.2) is 83.3 Å². The third-order valence-electron chi connectivity index (χ3n) is 5.02. The number of methoxy groups -OCH3 is 1. The number of ether oxygens (including phenoxy) is 1. The Kier molecular flexibility index (Phi) is 6.50. The molecular formula is C26H23N3O4. The molecule has 1 aromatic heterocycles. The van der Waals surface area contributed by atoms with Gasteiger partial charge in [-0.25, -0.2) is 4.98 Å². The van der Waals surface area contributed by atoms with E-state index < -0.39 is 0 Å². The van der Waals surface area contributed by atoms with E-state index in [-0.39, 0.29) is 18.2 Å². The number of amides is 2. The van der Waals surface area contributed by atoms with Crippen LogP contribution < -0.4 is 15.4 Å². The SMILES string of the molecule is COc1ccc(NC(=O)c2ccc(NC(=O)Cc3nc(-c4ccccc4)oc3C)cc2)cc1. The maximum Gasteiger partial charge on any atom is 0.255 e. The van der Waals surface area contributed by atoms with Crippen molar-refractivity contribution in [3.63, 3.8) is 0 Å². The van der Waals surface area contributed by atoms with Crippen LogP contribution in [0.4, 0.5) is 11.4 Å². The third-order valence-corrected chi connectivity index (χ3v) is 5.02. The summed E-state index contributed by atoms with van der Waals surface area (Å²) in [4.78, 5) is 29.4. The molecule has 0 fully saturated rings. The molecule has 0 bridgehead atoms. The van der Waals surface area contributed by atoms with Crippen LogP contribution >= 0.6 is 0 Å². The maximum atomic E-state index is 12.5. The van der Waals surface area contributed by atoms with Gasteiger partial charge in [-0.1, -0.05) is 18.2 Å². The normalized spacial score (nSPS) is 10.5. The van der Waals surface area contributed by atoms with Crippen LogP contribution in [-0.4, -0.2) is 23.9 Å². The van der Waals surface area contributed by atoms with Gasteiger partial charge >= 0.3 is 0 Å². The molecule has 1 heterocycles. The standard InChI is InChI=1S/C26H23N3O4/c1-17-23(29-26(33-17)19-6-4-3-5-7-19)16-24(30)27-20-10-8-18(9-11-20)25(31)28-21-12-14-22(32-2)15-13-21/h3-15H,16H2,1-2H3,(H,27,30)(H,28,31). The molecule has 0 spiro atoms. The van der Waals surface area contributed by atoms with Crippen LogP contribution in [-0.2, 0) is 11.2 Å². The van der Waals surface area contributed by atoms with E-state index in [2.05, 4.69) is 15.6 Å². The zero-order chi connectivity index (χ0) is 23.2. The molecule has 7 heteroatoms. The lowest BCUT2D eigenvalue weighted by atomic mass is 10.1. The van der Waals surface area contributed by atoms with Crippen molar-refractivity contribution in [2.24, 2.45) is 0 Å². The number of carbonyl (C=O) groups excluding carboxylic acids is 2. The van der Waals surface area contributed by atoms with Gasteiger partial charge in [0.1, 0.15) is 11.5 Å². The van der Waals surface area contributed by atoms with Gasteiger partial charge in [0.2, 0.25) is 11.8 Å². The lowest BCUT2D eigenvalue weighted by molar-refractivity contribution is -0.115. The van der Waals surface area contributed by atoms with Crippen molar-refractivity contribution in [2.45, 2.75) is 13.3 Å². The number of aromatic nitrogens is 1. The Morgan fingerprint density at radius 3 is 2.18 bits per heavy atom. The molecule has 7 nitrogen and oxygen atoms in total. The molecule has 2 amide bonds. The van der Waals surface area contributed by atoms with Gasteiger partial charge in [-0.2, -0.15) is 0 Å². The summed E-state index contributed by atoms with van der Waals surface area (Å²) in [6.07, 6.45) is 0.0852. The largest absolute Gasteiger partial charge is 0.497 e. The summed E-state index contributed by atoms with van der Waals surface area (Å²) < 4.78 is 10.8. The fourth-order valence-electron chi connectivity index (χ4n) is 3.24. The number of benzene rings is 3. The Labute approximate surface area is 191 Å². The minimum atomic E-state index is -0.246. The fraction of sp³-hybridized carbons (Fsp3) is 0.115. The van der Waals surface area contributed by atoms with Gasteiger partial charge in [0, 0.05) is 22.5 Å². The van der Waals surface area contributed by atoms with Gasteiger partial charge in [0.05, 0.1) is 19.2 Å². The molecule has 0 saturated carbocycles. The van der Waals surface area contributed by atoms with Crippen LogP contribution in [0.3, 0.4) is 0 Å². The summed E-state index contributed by atoms with van der Waals surface area (Å²) in [5, 5.41) is 5.65. The van der Waals surface area contributed by atoms with E-state index in [1.165, 1.54) is 0 Å². The van der Waals surface area contributed by atoms with Gasteiger partial charge in [-0.15, -0.1) is 0 Å². The lowest BCUT2D eigenvalue weighted by Crippen LogP contribution is -2.16. The van der Waals surface area contributed by atoms with E-state index in [0.717, 1.165) is 5.56 Å². The van der Waals surface area contributed by atoms with Crippen molar-refractivity contribution >= 4 is 23.2 Å². The molecule has 0 aliphatic carbocycles. The average molecular weight is 441 g/mol. The van der Waals surface area contributed by atoms with Gasteiger partial charge in [-0.05, 0) is 67.6 Å². The van der Waals surface area contributed by atoms with E-state index in [1.54, 1.807) is 62.6 Å². The van der Waals surface area contributed by atoms with E-state index in [0.29, 0.717) is 40.0 Å². The second kappa shape index (κ2) is 9.82. The van der Waals surface area contributed by atoms with Crippen LogP contribution in [0.5, 0.6) is 5.75 Å². The number of rotatable bonds is 7. The number of anilines is 2. The monoisotopic (exact) mass is 441 g/mol. The number of aryl methyl sites for hydroxylation is 1. The first-order chi connectivity index (χ1) is 16.0. The van der Waals surface area contributed by atoms with Crippen molar-refractivity contribution in [1.82, 2.24) is 4.98 Å². The number of hydrogen-bond donors (Lipinski definition) is 2. The number of carbonyl (C=O) groups is 2. The van der Waals surface area contributed by atoms with Gasteiger partial charge in [0.25, 0.3) is 5.91 Å². The highest BCUT2D eigenvalue weighted by Gasteiger charge is 2.15. The summed E-state index contributed by atoms with van der Waals surface area (Å²) in [5.74, 6) is 1.34. The van der Waals surface area contributed by atoms with Crippen LogP contribution in [0.1, 0.15) is 21.8 Å². The minimum absolute atomic E-state index is 0.0852. The Balaban J connectivity index is 1.35. The highest BCUT2D eigenvalue weighted by atomic mass is 16.5. The molecule has 2 N–H and O–H groups in total. The van der Waals surface area contributed by atoms with Crippen LogP contribution in [0.2, 0.25) is 0 Å². The molecular weight excluding hydrogens is 418 g/mol. The molecule has 0 atom stereocenters. The minimum Gasteiger partial charge on any atom is -0.497 e. The molecule has 0 aliphatic heterocycles. The number of hydrogen-bond acceptors (Lipinski definition) is 5. The van der Waals surface area contributed by atoms with E-state index in [1.807, 2.05) is 30.3 Å². The zero-order valence-electron chi connectivity index (χ0n) is 18.3. The summed E-state index contributed by atoms with van der Waals surface area (Å²) in [6.45, 7) is 1.79. The Hall–Kier alpha value is -4.39. The van der Waals surface area contributed by atoms with E-state index in [9.17, 15) is 9.59 Å². The second-order valence-electron chi connectivity index (χ2n) is 7.37. The van der Waals surface area contributed by atoms with Crippen molar-refractivity contribution < 1.29 is 18.7 Å². The summed E-state index contributed by atoms with van der Waals surface area (Å²) in [6, 6.07) is 23.3. The quantitative estimate of drug-likeness (QED) is 0.417. The molecule has 4 rings (SSSR count). The summed E-state index contributed by atoms with van der Waals surface area (Å²) in [5.41, 5.74) is 3.17. The third kappa shape index (κ3) is 5.46. The van der Waals surface area contributed by atoms with Gasteiger partial charge in [-0.3, -0.25) is 9.59 Å². The molecule has 0 radical (unpaired) electrons. The molecule has 33 heavy (non-hydrogen) atoms. The molecule has 0 unspecified atom stereocenters. The highest BCUT2D eigenvalue weighted by molar-refractivity contribution is 6.04. The van der Waals surface area contributed by atoms with Gasteiger partial charge in [0.15, 0.2) is 0 Å². The zero-order valence-corrected chi connectivity index (χ0v) is 18.3. The molecule has 0 aliphatic rings. The van der Waals surface area contributed by atoms with E-state index >= 15 is 0 Å².